The second-order valence-electron chi connectivity index (χ2n) is 4.61. The van der Waals surface area contributed by atoms with Crippen LogP contribution in [0.3, 0.4) is 0 Å². The number of hydrogen-bond donors (Lipinski definition) is 1. The van der Waals surface area contributed by atoms with E-state index in [0.29, 0.717) is 22.4 Å². The minimum atomic E-state index is 0.0764. The van der Waals surface area contributed by atoms with Gasteiger partial charge in [-0.3, -0.25) is 0 Å². The van der Waals surface area contributed by atoms with Gasteiger partial charge in [0, 0.05) is 18.6 Å². The van der Waals surface area contributed by atoms with Gasteiger partial charge in [-0.1, -0.05) is 29.3 Å². The van der Waals surface area contributed by atoms with Gasteiger partial charge in [0.15, 0.2) is 0 Å². The van der Waals surface area contributed by atoms with Crippen molar-refractivity contribution in [3.05, 3.63) is 28.2 Å². The highest BCUT2D eigenvalue weighted by atomic mass is 35.5. The van der Waals surface area contributed by atoms with E-state index in [9.17, 15) is 0 Å². The van der Waals surface area contributed by atoms with Crippen molar-refractivity contribution in [1.82, 2.24) is 0 Å². The maximum absolute atomic E-state index is 6.10. The molecule has 5 heteroatoms. The molecule has 1 fully saturated rings. The van der Waals surface area contributed by atoms with Gasteiger partial charge in [-0.15, -0.1) is 0 Å². The van der Waals surface area contributed by atoms with E-state index in [-0.39, 0.29) is 5.41 Å². The Morgan fingerprint density at radius 1 is 1.28 bits per heavy atom. The summed E-state index contributed by atoms with van der Waals surface area (Å²) in [6.07, 6.45) is 1.93. The molecule has 0 atom stereocenters. The number of ether oxygens (including phenoxy) is 2. The second kappa shape index (κ2) is 6.38. The van der Waals surface area contributed by atoms with Crippen molar-refractivity contribution in [3.63, 3.8) is 0 Å². The number of rotatable bonds is 4. The van der Waals surface area contributed by atoms with Gasteiger partial charge >= 0.3 is 0 Å². The van der Waals surface area contributed by atoms with E-state index in [4.69, 9.17) is 32.7 Å². The van der Waals surface area contributed by atoms with Crippen molar-refractivity contribution in [1.29, 1.82) is 0 Å². The molecule has 0 radical (unpaired) electrons. The fourth-order valence-electron chi connectivity index (χ4n) is 1.98. The number of halogens is 2. The van der Waals surface area contributed by atoms with Gasteiger partial charge < -0.3 is 9.47 Å². The molecule has 1 aromatic carbocycles. The van der Waals surface area contributed by atoms with Crippen LogP contribution in [0.2, 0.25) is 10.0 Å². The number of benzene rings is 1. The van der Waals surface area contributed by atoms with Crippen LogP contribution >= 0.6 is 35.8 Å². The molecule has 1 aliphatic heterocycles. The third-order valence-corrected chi connectivity index (χ3v) is 4.81. The molecule has 0 aromatic heterocycles. The maximum Gasteiger partial charge on any atom is 0.139 e. The summed E-state index contributed by atoms with van der Waals surface area (Å²) < 4.78 is 11.2. The van der Waals surface area contributed by atoms with Gasteiger partial charge in [-0.2, -0.15) is 12.6 Å². The van der Waals surface area contributed by atoms with Crippen molar-refractivity contribution < 1.29 is 9.47 Å². The zero-order valence-electron chi connectivity index (χ0n) is 9.99. The lowest BCUT2D eigenvalue weighted by Gasteiger charge is -2.35. The third-order valence-electron chi connectivity index (χ3n) is 3.34. The molecular weight excluding hydrogens is 291 g/mol. The maximum atomic E-state index is 6.10. The highest BCUT2D eigenvalue weighted by Crippen LogP contribution is 2.36. The lowest BCUT2D eigenvalue weighted by Crippen LogP contribution is -2.36. The van der Waals surface area contributed by atoms with Crippen LogP contribution in [0.15, 0.2) is 18.2 Å². The summed E-state index contributed by atoms with van der Waals surface area (Å²) in [7, 11) is 0. The summed E-state index contributed by atoms with van der Waals surface area (Å²) in [5.74, 6) is 1.42. The van der Waals surface area contributed by atoms with Gasteiger partial charge in [0.2, 0.25) is 0 Å². The molecule has 0 saturated carbocycles. The molecule has 1 heterocycles. The van der Waals surface area contributed by atoms with E-state index >= 15 is 0 Å². The van der Waals surface area contributed by atoms with E-state index in [0.717, 1.165) is 31.8 Å². The van der Waals surface area contributed by atoms with E-state index in [1.54, 1.807) is 6.07 Å². The van der Waals surface area contributed by atoms with Crippen LogP contribution in [-0.4, -0.2) is 25.6 Å². The quantitative estimate of drug-likeness (QED) is 0.844. The Hall–Kier alpha value is -0.0900. The summed E-state index contributed by atoms with van der Waals surface area (Å²) in [4.78, 5) is 0. The predicted octanol–water partition coefficient (Wildman–Crippen LogP) is 4.10. The van der Waals surface area contributed by atoms with Crippen LogP contribution in [0.5, 0.6) is 5.75 Å². The lowest BCUT2D eigenvalue weighted by atomic mass is 9.83. The normalized spacial score (nSPS) is 18.6. The Kier molecular flexibility index (Phi) is 5.07. The minimum absolute atomic E-state index is 0.0764. The first-order chi connectivity index (χ1) is 8.67. The number of thiol groups is 1. The van der Waals surface area contributed by atoms with Crippen molar-refractivity contribution >= 4 is 35.8 Å². The summed E-state index contributed by atoms with van der Waals surface area (Å²) >= 11 is 16.5. The largest absolute Gasteiger partial charge is 0.491 e. The van der Waals surface area contributed by atoms with Crippen molar-refractivity contribution in [2.75, 3.05) is 25.6 Å². The molecule has 2 rings (SSSR count). The molecule has 2 nitrogen and oxygen atoms in total. The summed E-state index contributed by atoms with van der Waals surface area (Å²) in [6, 6.07) is 5.42. The smallest absolute Gasteiger partial charge is 0.139 e. The molecular formula is C13H16Cl2O2S. The van der Waals surface area contributed by atoms with Gasteiger partial charge in [0.05, 0.1) is 11.6 Å². The van der Waals surface area contributed by atoms with Crippen LogP contribution < -0.4 is 4.74 Å². The van der Waals surface area contributed by atoms with Crippen LogP contribution in [-0.2, 0) is 4.74 Å². The van der Waals surface area contributed by atoms with Gasteiger partial charge in [0.1, 0.15) is 10.8 Å². The monoisotopic (exact) mass is 306 g/mol. The molecule has 0 unspecified atom stereocenters. The first-order valence-corrected chi connectivity index (χ1v) is 7.31. The number of hydrogen-bond acceptors (Lipinski definition) is 3. The molecule has 1 saturated heterocycles. The highest BCUT2D eigenvalue weighted by Gasteiger charge is 2.32. The zero-order chi connectivity index (χ0) is 13.0. The Morgan fingerprint density at radius 2 is 2.00 bits per heavy atom. The molecule has 1 aliphatic rings. The highest BCUT2D eigenvalue weighted by molar-refractivity contribution is 7.80. The Bertz CT molecular complexity index is 406. The molecule has 0 N–H and O–H groups in total. The molecule has 18 heavy (non-hydrogen) atoms. The van der Waals surface area contributed by atoms with Crippen molar-refractivity contribution in [2.24, 2.45) is 5.41 Å². The topological polar surface area (TPSA) is 18.5 Å². The molecule has 0 aliphatic carbocycles. The van der Waals surface area contributed by atoms with Crippen LogP contribution in [0, 0.1) is 5.41 Å². The standard InChI is InChI=1S/C13H16Cl2O2S/c14-10-2-1-3-11(12(10)15)17-8-13(9-18)4-6-16-7-5-13/h1-3,18H,4-9H2. The van der Waals surface area contributed by atoms with E-state index in [2.05, 4.69) is 12.6 Å². The average Bonchev–Trinajstić information content (AvgIpc) is 2.41. The molecule has 100 valence electrons. The van der Waals surface area contributed by atoms with E-state index in [1.165, 1.54) is 0 Å². The van der Waals surface area contributed by atoms with Crippen LogP contribution in [0.1, 0.15) is 12.8 Å². The molecule has 0 amide bonds. The minimum Gasteiger partial charge on any atom is -0.491 e. The zero-order valence-corrected chi connectivity index (χ0v) is 12.4. The first-order valence-electron chi connectivity index (χ1n) is 5.92. The van der Waals surface area contributed by atoms with Crippen LogP contribution in [0.4, 0.5) is 0 Å². The van der Waals surface area contributed by atoms with Gasteiger partial charge in [-0.05, 0) is 30.7 Å². The van der Waals surface area contributed by atoms with Gasteiger partial charge in [0.25, 0.3) is 0 Å². The fraction of sp³-hybridized carbons (Fsp3) is 0.538. The van der Waals surface area contributed by atoms with Gasteiger partial charge in [-0.25, -0.2) is 0 Å². The van der Waals surface area contributed by atoms with E-state index < -0.39 is 0 Å². The molecule has 0 spiro atoms. The molecule has 1 aromatic rings. The Labute approximate surface area is 123 Å². The van der Waals surface area contributed by atoms with E-state index in [1.807, 2.05) is 12.1 Å². The Morgan fingerprint density at radius 3 is 2.67 bits per heavy atom. The summed E-state index contributed by atoms with van der Waals surface area (Å²) in [5.41, 5.74) is 0.0764. The summed E-state index contributed by atoms with van der Waals surface area (Å²) in [5, 5.41) is 0.988. The Balaban J connectivity index is 2.03. The predicted molar refractivity (Wildman–Crippen MR) is 78.3 cm³/mol. The third kappa shape index (κ3) is 3.27. The first kappa shape index (κ1) is 14.3. The van der Waals surface area contributed by atoms with Crippen molar-refractivity contribution in [2.45, 2.75) is 12.8 Å². The average molecular weight is 307 g/mol. The molecule has 0 bridgehead atoms. The van der Waals surface area contributed by atoms with Crippen LogP contribution in [0.25, 0.3) is 0 Å². The summed E-state index contributed by atoms with van der Waals surface area (Å²) in [6.45, 7) is 2.14. The lowest BCUT2D eigenvalue weighted by molar-refractivity contribution is 0.00313. The second-order valence-corrected chi connectivity index (χ2v) is 5.71. The fourth-order valence-corrected chi connectivity index (χ4v) is 2.73. The van der Waals surface area contributed by atoms with Crippen molar-refractivity contribution in [3.8, 4) is 5.75 Å². The SMILES string of the molecule is SCC1(COc2cccc(Cl)c2Cl)CCOCC1.